The van der Waals surface area contributed by atoms with Crippen LogP contribution < -0.4 is 0 Å². The Hall–Kier alpha value is -6.12. The van der Waals surface area contributed by atoms with Gasteiger partial charge in [0.25, 0.3) is 0 Å². The number of benzene rings is 8. The Labute approximate surface area is 264 Å². The molecule has 0 fully saturated rings. The second-order valence-electron chi connectivity index (χ2n) is 12.0. The van der Waals surface area contributed by atoms with Crippen LogP contribution in [0, 0.1) is 0 Å². The van der Waals surface area contributed by atoms with Gasteiger partial charge in [-0.25, -0.2) is 0 Å². The van der Waals surface area contributed by atoms with Crippen molar-refractivity contribution in [2.45, 2.75) is 0 Å². The summed E-state index contributed by atoms with van der Waals surface area (Å²) >= 11 is 0. The topological polar surface area (TPSA) is 26.3 Å². The molecular formula is C44H26O2. The third kappa shape index (κ3) is 3.65. The molecule has 2 heteroatoms. The van der Waals surface area contributed by atoms with E-state index in [1.807, 2.05) is 18.2 Å². The van der Waals surface area contributed by atoms with Gasteiger partial charge in [0.15, 0.2) is 11.2 Å². The van der Waals surface area contributed by atoms with E-state index in [0.29, 0.717) is 0 Å². The molecule has 8 aromatic carbocycles. The van der Waals surface area contributed by atoms with Gasteiger partial charge < -0.3 is 8.83 Å². The van der Waals surface area contributed by atoms with Crippen LogP contribution >= 0.6 is 0 Å². The Bertz CT molecular complexity index is 2740. The predicted molar refractivity (Wildman–Crippen MR) is 192 cm³/mol. The van der Waals surface area contributed by atoms with E-state index in [4.69, 9.17) is 8.83 Å². The molecule has 0 N–H and O–H groups in total. The van der Waals surface area contributed by atoms with Crippen LogP contribution in [-0.2, 0) is 0 Å². The molecule has 0 aliphatic heterocycles. The first-order chi connectivity index (χ1) is 22.8. The Kier molecular flexibility index (Phi) is 5.31. The lowest BCUT2D eigenvalue weighted by molar-refractivity contribution is 0.611. The first-order valence-electron chi connectivity index (χ1n) is 15.7. The van der Waals surface area contributed by atoms with Gasteiger partial charge in [-0.1, -0.05) is 133 Å². The lowest BCUT2D eigenvalue weighted by Gasteiger charge is -2.18. The van der Waals surface area contributed by atoms with Crippen LogP contribution in [0.25, 0.3) is 98.8 Å². The zero-order chi connectivity index (χ0) is 30.2. The van der Waals surface area contributed by atoms with Gasteiger partial charge in [-0.05, 0) is 78.8 Å². The van der Waals surface area contributed by atoms with E-state index in [9.17, 15) is 0 Å². The second-order valence-corrected chi connectivity index (χ2v) is 12.0. The summed E-state index contributed by atoms with van der Waals surface area (Å²) in [6, 6.07) is 56.1. The number of hydrogen-bond acceptors (Lipinski definition) is 2. The molecule has 0 bridgehead atoms. The minimum Gasteiger partial charge on any atom is -0.452 e. The molecule has 0 unspecified atom stereocenters. The maximum absolute atomic E-state index is 6.64. The molecule has 2 aromatic heterocycles. The summed E-state index contributed by atoms with van der Waals surface area (Å²) in [5.74, 6) is 0.838. The van der Waals surface area contributed by atoms with Crippen LogP contribution in [0.15, 0.2) is 167 Å². The maximum atomic E-state index is 6.64. The highest BCUT2D eigenvalue weighted by atomic mass is 16.4. The summed E-state index contributed by atoms with van der Waals surface area (Å²) in [7, 11) is 0. The fourth-order valence-electron chi connectivity index (χ4n) is 7.41. The van der Waals surface area contributed by atoms with Crippen molar-refractivity contribution in [2.24, 2.45) is 0 Å². The summed E-state index contributed by atoms with van der Waals surface area (Å²) in [6.45, 7) is 0. The van der Waals surface area contributed by atoms with Gasteiger partial charge in [0, 0.05) is 21.7 Å². The quantitative estimate of drug-likeness (QED) is 0.193. The lowest BCUT2D eigenvalue weighted by Crippen LogP contribution is -1.91. The Morgan fingerprint density at radius 3 is 1.76 bits per heavy atom. The molecule has 10 aromatic rings. The highest BCUT2D eigenvalue weighted by Crippen LogP contribution is 2.48. The smallest absolute Gasteiger partial charge is 0.178 e. The highest BCUT2D eigenvalue weighted by Gasteiger charge is 2.22. The summed E-state index contributed by atoms with van der Waals surface area (Å²) < 4.78 is 13.1. The molecule has 0 aliphatic carbocycles. The second kappa shape index (κ2) is 9.69. The molecule has 0 spiro atoms. The molecule has 0 aliphatic rings. The van der Waals surface area contributed by atoms with Crippen molar-refractivity contribution in [3.63, 3.8) is 0 Å². The van der Waals surface area contributed by atoms with Crippen molar-refractivity contribution in [1.29, 1.82) is 0 Å². The fourth-order valence-corrected chi connectivity index (χ4v) is 7.41. The molecule has 0 atom stereocenters. The molecule has 214 valence electrons. The van der Waals surface area contributed by atoms with E-state index < -0.39 is 0 Å². The van der Waals surface area contributed by atoms with Crippen LogP contribution in [0.4, 0.5) is 0 Å². The van der Waals surface area contributed by atoms with Crippen LogP contribution in [0.3, 0.4) is 0 Å². The van der Waals surface area contributed by atoms with Gasteiger partial charge >= 0.3 is 0 Å². The van der Waals surface area contributed by atoms with Crippen LogP contribution in [-0.4, -0.2) is 0 Å². The first kappa shape index (κ1) is 25.2. The predicted octanol–water partition coefficient (Wildman–Crippen LogP) is 12.8. The molecule has 2 heterocycles. The average Bonchev–Trinajstić information content (AvgIpc) is 3.73. The number of furan rings is 2. The number of fused-ring (bicyclic) bond motifs is 8. The van der Waals surface area contributed by atoms with E-state index in [1.54, 1.807) is 0 Å². The fraction of sp³-hybridized carbons (Fsp3) is 0. The average molecular weight is 587 g/mol. The van der Waals surface area contributed by atoms with Gasteiger partial charge in [-0.15, -0.1) is 0 Å². The molecule has 0 radical (unpaired) electrons. The minimum atomic E-state index is 0.778. The minimum absolute atomic E-state index is 0.778. The highest BCUT2D eigenvalue weighted by molar-refractivity contribution is 6.27. The zero-order valence-corrected chi connectivity index (χ0v) is 24.8. The number of rotatable bonds is 3. The van der Waals surface area contributed by atoms with E-state index >= 15 is 0 Å². The van der Waals surface area contributed by atoms with Crippen LogP contribution in [0.5, 0.6) is 0 Å². The Morgan fingerprint density at radius 1 is 0.348 bits per heavy atom. The van der Waals surface area contributed by atoms with Gasteiger partial charge in [0.2, 0.25) is 0 Å². The SMILES string of the molecule is c1ccc(-c2cc3ccc4c(oc5cccc(-c6c7ccccc7c(-c7ccc8ccccc8c7)c7ccccc67)c54)c3o2)cc1. The third-order valence-corrected chi connectivity index (χ3v) is 9.45. The monoisotopic (exact) mass is 586 g/mol. The number of hydrogen-bond donors (Lipinski definition) is 0. The van der Waals surface area contributed by atoms with E-state index in [0.717, 1.165) is 49.8 Å². The normalized spacial score (nSPS) is 11.9. The van der Waals surface area contributed by atoms with Gasteiger partial charge in [-0.2, -0.15) is 0 Å². The molecule has 10 rings (SSSR count). The largest absolute Gasteiger partial charge is 0.452 e. The van der Waals surface area contributed by atoms with Crippen molar-refractivity contribution in [3.8, 4) is 33.6 Å². The van der Waals surface area contributed by atoms with E-state index in [1.165, 1.54) is 49.0 Å². The van der Waals surface area contributed by atoms with Crippen LogP contribution in [0.1, 0.15) is 0 Å². The molecular weight excluding hydrogens is 560 g/mol. The molecule has 0 saturated heterocycles. The van der Waals surface area contributed by atoms with Gasteiger partial charge in [0.05, 0.1) is 0 Å². The van der Waals surface area contributed by atoms with Crippen molar-refractivity contribution in [2.75, 3.05) is 0 Å². The third-order valence-electron chi connectivity index (χ3n) is 9.45. The van der Waals surface area contributed by atoms with Gasteiger partial charge in [-0.3, -0.25) is 0 Å². The molecule has 0 saturated carbocycles. The Balaban J connectivity index is 1.28. The molecule has 2 nitrogen and oxygen atoms in total. The summed E-state index contributed by atoms with van der Waals surface area (Å²) in [5.41, 5.74) is 8.31. The summed E-state index contributed by atoms with van der Waals surface area (Å²) in [6.07, 6.45) is 0. The van der Waals surface area contributed by atoms with Crippen molar-refractivity contribution in [1.82, 2.24) is 0 Å². The van der Waals surface area contributed by atoms with Crippen LogP contribution in [0.2, 0.25) is 0 Å². The van der Waals surface area contributed by atoms with Gasteiger partial charge in [0.1, 0.15) is 11.3 Å². The molecule has 46 heavy (non-hydrogen) atoms. The maximum Gasteiger partial charge on any atom is 0.178 e. The van der Waals surface area contributed by atoms with E-state index in [-0.39, 0.29) is 0 Å². The summed E-state index contributed by atoms with van der Waals surface area (Å²) in [4.78, 5) is 0. The first-order valence-corrected chi connectivity index (χ1v) is 15.7. The Morgan fingerprint density at radius 2 is 1.00 bits per heavy atom. The van der Waals surface area contributed by atoms with E-state index in [2.05, 4.69) is 140 Å². The van der Waals surface area contributed by atoms with Crippen molar-refractivity contribution in [3.05, 3.63) is 158 Å². The lowest BCUT2D eigenvalue weighted by atomic mass is 9.84. The standard InChI is InChI=1S/C44H26O2/c1-2-12-28(13-3-1)39-26-31-23-24-37-42-36(19-10-20-38(42)45-44(37)43(31)46-39)41-34-17-8-6-15-32(34)40(33-16-7-9-18-35(33)41)30-22-21-27-11-4-5-14-29(27)25-30/h1-26H. The summed E-state index contributed by atoms with van der Waals surface area (Å²) in [5, 5.41) is 10.6. The zero-order valence-electron chi connectivity index (χ0n) is 24.8. The van der Waals surface area contributed by atoms with Crippen molar-refractivity contribution < 1.29 is 8.83 Å². The molecule has 0 amide bonds. The van der Waals surface area contributed by atoms with Crippen molar-refractivity contribution >= 4 is 65.2 Å².